The van der Waals surface area contributed by atoms with Crippen LogP contribution in [0.2, 0.25) is 0 Å². The minimum atomic E-state index is -0.472. The summed E-state index contributed by atoms with van der Waals surface area (Å²) in [5.41, 5.74) is 6.03. The molecule has 10 heteroatoms. The maximum atomic E-state index is 12.5. The van der Waals surface area contributed by atoms with Gasteiger partial charge < -0.3 is 10.6 Å². The Labute approximate surface area is 133 Å². The van der Waals surface area contributed by atoms with Gasteiger partial charge in [0.05, 0.1) is 15.9 Å². The molecule has 1 aromatic heterocycles. The second kappa shape index (κ2) is 5.89. The summed E-state index contributed by atoms with van der Waals surface area (Å²) in [6, 6.07) is 6.09. The molecule has 1 aliphatic rings. The van der Waals surface area contributed by atoms with E-state index in [4.69, 9.17) is 5.73 Å². The first-order valence-electron chi connectivity index (χ1n) is 6.36. The Balaban J connectivity index is 1.76. The van der Waals surface area contributed by atoms with E-state index < -0.39 is 4.92 Å². The number of amides is 1. The number of nitro groups is 1. The lowest BCUT2D eigenvalue weighted by molar-refractivity contribution is -0.384. The van der Waals surface area contributed by atoms with Crippen LogP contribution in [0.1, 0.15) is 6.42 Å². The molecule has 0 radical (unpaired) electrons. The lowest BCUT2D eigenvalue weighted by atomic mass is 10.2. The van der Waals surface area contributed by atoms with Crippen LogP contribution in [-0.4, -0.2) is 32.8 Å². The van der Waals surface area contributed by atoms with Gasteiger partial charge in [0.25, 0.3) is 5.69 Å². The topological polar surface area (TPSA) is 115 Å². The number of thioether (sulfide) groups is 1. The number of anilines is 2. The van der Waals surface area contributed by atoms with Crippen LogP contribution in [0.5, 0.6) is 0 Å². The van der Waals surface area contributed by atoms with E-state index in [2.05, 4.69) is 10.2 Å². The molecule has 0 bridgehead atoms. The van der Waals surface area contributed by atoms with E-state index in [0.29, 0.717) is 28.1 Å². The molecular formula is C12H11N5O3S2. The summed E-state index contributed by atoms with van der Waals surface area (Å²) in [5.74, 6) is -0.0840. The molecule has 3 rings (SSSR count). The van der Waals surface area contributed by atoms with Gasteiger partial charge in [-0.25, -0.2) is 0 Å². The molecule has 8 nitrogen and oxygen atoms in total. The van der Waals surface area contributed by atoms with E-state index in [1.807, 2.05) is 0 Å². The number of non-ortho nitro benzene ring substituents is 1. The van der Waals surface area contributed by atoms with E-state index in [1.165, 1.54) is 35.2 Å². The number of carbonyl (C=O) groups is 1. The second-order valence-corrected chi connectivity index (χ2v) is 7.03. The molecule has 1 unspecified atom stereocenters. The molecule has 1 fully saturated rings. The molecule has 22 heavy (non-hydrogen) atoms. The van der Waals surface area contributed by atoms with E-state index in [0.717, 1.165) is 0 Å². The van der Waals surface area contributed by atoms with Crippen molar-refractivity contribution >= 4 is 45.5 Å². The quantitative estimate of drug-likeness (QED) is 0.669. The Bertz CT molecular complexity index is 735. The van der Waals surface area contributed by atoms with Crippen molar-refractivity contribution in [2.24, 2.45) is 0 Å². The first kappa shape index (κ1) is 14.7. The number of rotatable bonds is 4. The lowest BCUT2D eigenvalue weighted by Gasteiger charge is -2.16. The summed E-state index contributed by atoms with van der Waals surface area (Å²) in [6.45, 7) is 0.520. The van der Waals surface area contributed by atoms with Gasteiger partial charge in [0.2, 0.25) is 11.0 Å². The Morgan fingerprint density at radius 3 is 2.95 bits per heavy atom. The SMILES string of the molecule is Nc1nnc(SC2CCN(c3cccc([N+](=O)[O-])c3)C2=O)s1. The van der Waals surface area contributed by atoms with Gasteiger partial charge in [0.1, 0.15) is 0 Å². The van der Waals surface area contributed by atoms with E-state index >= 15 is 0 Å². The number of nitrogens with zero attached hydrogens (tertiary/aromatic N) is 4. The third-order valence-electron chi connectivity index (χ3n) is 3.17. The summed E-state index contributed by atoms with van der Waals surface area (Å²) in [6.07, 6.45) is 0.645. The normalized spacial score (nSPS) is 17.9. The summed E-state index contributed by atoms with van der Waals surface area (Å²) < 4.78 is 0.650. The van der Waals surface area contributed by atoms with Gasteiger partial charge >= 0.3 is 0 Å². The van der Waals surface area contributed by atoms with Crippen LogP contribution in [0.3, 0.4) is 0 Å². The largest absolute Gasteiger partial charge is 0.374 e. The average Bonchev–Trinajstić information content (AvgIpc) is 3.06. The molecule has 0 spiro atoms. The minimum absolute atomic E-state index is 0.0294. The van der Waals surface area contributed by atoms with Gasteiger partial charge in [-0.3, -0.25) is 14.9 Å². The van der Waals surface area contributed by atoms with Crippen molar-refractivity contribution in [2.45, 2.75) is 16.0 Å². The zero-order chi connectivity index (χ0) is 15.7. The monoisotopic (exact) mass is 337 g/mol. The van der Waals surface area contributed by atoms with Crippen molar-refractivity contribution in [3.63, 3.8) is 0 Å². The third kappa shape index (κ3) is 2.88. The molecule has 1 aromatic carbocycles. The summed E-state index contributed by atoms with van der Waals surface area (Å²) in [5, 5.41) is 18.5. The van der Waals surface area contributed by atoms with Gasteiger partial charge in [0.15, 0.2) is 4.34 Å². The molecule has 1 amide bonds. The van der Waals surface area contributed by atoms with Crippen LogP contribution in [0, 0.1) is 10.1 Å². The van der Waals surface area contributed by atoms with Crippen LogP contribution in [0.15, 0.2) is 28.6 Å². The van der Waals surface area contributed by atoms with Crippen LogP contribution >= 0.6 is 23.1 Å². The standard InChI is InChI=1S/C12H11N5O3S2/c13-11-14-15-12(22-11)21-9-4-5-16(10(9)18)7-2-1-3-8(6-7)17(19)20/h1-3,6,9H,4-5H2,(H2,13,14). The second-order valence-electron chi connectivity index (χ2n) is 4.57. The smallest absolute Gasteiger partial charge is 0.271 e. The van der Waals surface area contributed by atoms with Crippen molar-refractivity contribution in [2.75, 3.05) is 17.2 Å². The maximum Gasteiger partial charge on any atom is 0.271 e. The van der Waals surface area contributed by atoms with Gasteiger partial charge in [-0.1, -0.05) is 29.2 Å². The summed E-state index contributed by atoms with van der Waals surface area (Å²) >= 11 is 2.57. The number of carbonyl (C=O) groups excluding carboxylic acids is 1. The molecule has 114 valence electrons. The van der Waals surface area contributed by atoms with E-state index in [1.54, 1.807) is 17.0 Å². The first-order valence-corrected chi connectivity index (χ1v) is 8.05. The lowest BCUT2D eigenvalue weighted by Crippen LogP contribution is -2.27. The van der Waals surface area contributed by atoms with E-state index in [9.17, 15) is 14.9 Å². The van der Waals surface area contributed by atoms with Crippen molar-refractivity contribution in [3.8, 4) is 0 Å². The van der Waals surface area contributed by atoms with Gasteiger partial charge in [-0.15, -0.1) is 10.2 Å². The molecular weight excluding hydrogens is 326 g/mol. The number of hydrogen-bond acceptors (Lipinski definition) is 8. The van der Waals surface area contributed by atoms with Crippen LogP contribution < -0.4 is 10.6 Å². The first-order chi connectivity index (χ1) is 10.5. The number of nitro benzene ring substituents is 1. The zero-order valence-corrected chi connectivity index (χ0v) is 12.8. The highest BCUT2D eigenvalue weighted by molar-refractivity contribution is 8.02. The Hall–Kier alpha value is -2.20. The fourth-order valence-corrected chi connectivity index (χ4v) is 4.11. The molecule has 0 aliphatic carbocycles. The van der Waals surface area contributed by atoms with Gasteiger partial charge in [0, 0.05) is 18.7 Å². The van der Waals surface area contributed by atoms with Crippen molar-refractivity contribution in [3.05, 3.63) is 34.4 Å². The number of benzene rings is 1. The van der Waals surface area contributed by atoms with Gasteiger partial charge in [-0.2, -0.15) is 0 Å². The van der Waals surface area contributed by atoms with Crippen molar-refractivity contribution in [1.29, 1.82) is 0 Å². The highest BCUT2D eigenvalue weighted by Crippen LogP contribution is 2.35. The van der Waals surface area contributed by atoms with E-state index in [-0.39, 0.29) is 16.8 Å². The van der Waals surface area contributed by atoms with Crippen molar-refractivity contribution in [1.82, 2.24) is 10.2 Å². The summed E-state index contributed by atoms with van der Waals surface area (Å²) in [7, 11) is 0. The Morgan fingerprint density at radius 2 is 2.27 bits per heavy atom. The summed E-state index contributed by atoms with van der Waals surface area (Å²) in [4.78, 5) is 24.4. The zero-order valence-electron chi connectivity index (χ0n) is 11.2. The molecule has 1 atom stereocenters. The number of nitrogens with two attached hydrogens (primary N) is 1. The maximum absolute atomic E-state index is 12.5. The van der Waals surface area contributed by atoms with Crippen LogP contribution in [0.4, 0.5) is 16.5 Å². The molecule has 1 saturated heterocycles. The fourth-order valence-electron chi connectivity index (χ4n) is 2.18. The highest BCUT2D eigenvalue weighted by atomic mass is 32.2. The minimum Gasteiger partial charge on any atom is -0.374 e. The molecule has 1 aliphatic heterocycles. The average molecular weight is 337 g/mol. The number of aromatic nitrogens is 2. The number of hydrogen-bond donors (Lipinski definition) is 1. The highest BCUT2D eigenvalue weighted by Gasteiger charge is 2.34. The van der Waals surface area contributed by atoms with Crippen molar-refractivity contribution < 1.29 is 9.72 Å². The Morgan fingerprint density at radius 1 is 1.45 bits per heavy atom. The third-order valence-corrected chi connectivity index (χ3v) is 5.26. The molecule has 2 N–H and O–H groups in total. The predicted molar refractivity (Wildman–Crippen MR) is 84.0 cm³/mol. The predicted octanol–water partition coefficient (Wildman–Crippen LogP) is 1.93. The molecule has 0 saturated carbocycles. The van der Waals surface area contributed by atoms with Crippen LogP contribution in [-0.2, 0) is 4.79 Å². The fraction of sp³-hybridized carbons (Fsp3) is 0.250. The van der Waals surface area contributed by atoms with Gasteiger partial charge in [-0.05, 0) is 12.5 Å². The number of nitrogen functional groups attached to an aromatic ring is 1. The Kier molecular flexibility index (Phi) is 3.94. The van der Waals surface area contributed by atoms with Crippen LogP contribution in [0.25, 0.3) is 0 Å². The molecule has 2 aromatic rings. The molecule has 2 heterocycles.